The van der Waals surface area contributed by atoms with Crippen LogP contribution in [-0.2, 0) is 9.53 Å². The third-order valence-corrected chi connectivity index (χ3v) is 7.40. The molecule has 0 unspecified atom stereocenters. The molecule has 1 aliphatic carbocycles. The van der Waals surface area contributed by atoms with Crippen molar-refractivity contribution in [1.82, 2.24) is 25.1 Å². The van der Waals surface area contributed by atoms with Crippen molar-refractivity contribution < 1.29 is 9.53 Å². The highest BCUT2D eigenvalue weighted by Crippen LogP contribution is 2.42. The number of methoxy groups -OCH3 is 1. The zero-order valence-corrected chi connectivity index (χ0v) is 21.1. The summed E-state index contributed by atoms with van der Waals surface area (Å²) >= 11 is 0. The lowest BCUT2D eigenvalue weighted by molar-refractivity contribution is -0.119. The van der Waals surface area contributed by atoms with Gasteiger partial charge < -0.3 is 15.0 Å². The molecule has 0 spiro atoms. The van der Waals surface area contributed by atoms with Crippen molar-refractivity contribution in [2.75, 3.05) is 22.2 Å². The standard InChI is InChI=1S/C27H27N9O2/c1-16-26(37)36(20-5-3-4-17(10-20)12-28)23-15-30-27(32-24-11-18-13-31-34-22(18)14-29-24)33-25(23)35(16)19-6-8-21(38-2)9-7-19/h3-5,10-11,13-16,19,21H,6-9H2,1-2H3,(H,31,34)(H,29,30,32,33)/t16-,19-,21-/m1/s1. The molecule has 0 radical (unpaired) electrons. The first kappa shape index (κ1) is 23.8. The number of H-pyrrole nitrogens is 1. The maximum atomic E-state index is 13.8. The number of fused-ring (bicyclic) bond motifs is 2. The van der Waals surface area contributed by atoms with Gasteiger partial charge in [0.1, 0.15) is 17.5 Å². The molecule has 1 saturated carbocycles. The number of aromatic amines is 1. The highest BCUT2D eigenvalue weighted by Gasteiger charge is 2.42. The zero-order chi connectivity index (χ0) is 26.2. The van der Waals surface area contributed by atoms with E-state index in [1.165, 1.54) is 0 Å². The number of pyridine rings is 1. The van der Waals surface area contributed by atoms with Crippen molar-refractivity contribution >= 4 is 45.8 Å². The predicted molar refractivity (Wildman–Crippen MR) is 143 cm³/mol. The molecular formula is C27H27N9O2. The second-order valence-electron chi connectivity index (χ2n) is 9.64. The molecular weight excluding hydrogens is 482 g/mol. The van der Waals surface area contributed by atoms with E-state index >= 15 is 0 Å². The lowest BCUT2D eigenvalue weighted by Gasteiger charge is -2.46. The fourth-order valence-corrected chi connectivity index (χ4v) is 5.44. The molecule has 1 aromatic carbocycles. The number of amides is 1. The summed E-state index contributed by atoms with van der Waals surface area (Å²) in [5.74, 6) is 1.55. The minimum Gasteiger partial charge on any atom is -0.381 e. The molecule has 4 aromatic rings. The van der Waals surface area contributed by atoms with Crippen molar-refractivity contribution in [3.05, 3.63) is 54.5 Å². The number of nitrogens with one attached hydrogen (secondary N) is 2. The van der Waals surface area contributed by atoms with Gasteiger partial charge in [0.15, 0.2) is 5.82 Å². The van der Waals surface area contributed by atoms with E-state index in [-0.39, 0.29) is 18.1 Å². The van der Waals surface area contributed by atoms with Gasteiger partial charge in [0, 0.05) is 18.5 Å². The Balaban J connectivity index is 1.42. The van der Waals surface area contributed by atoms with Gasteiger partial charge in [-0.05, 0) is 56.9 Å². The van der Waals surface area contributed by atoms with Crippen molar-refractivity contribution in [3.63, 3.8) is 0 Å². The molecule has 6 rings (SSSR count). The lowest BCUT2D eigenvalue weighted by atomic mass is 9.90. The van der Waals surface area contributed by atoms with Crippen molar-refractivity contribution in [3.8, 4) is 6.07 Å². The average Bonchev–Trinajstić information content (AvgIpc) is 3.42. The first-order chi connectivity index (χ1) is 18.6. The summed E-state index contributed by atoms with van der Waals surface area (Å²) in [6.45, 7) is 1.92. The van der Waals surface area contributed by atoms with E-state index in [4.69, 9.17) is 9.72 Å². The van der Waals surface area contributed by atoms with E-state index < -0.39 is 6.04 Å². The molecule has 1 amide bonds. The minimum absolute atomic E-state index is 0.0853. The Morgan fingerprint density at radius 2 is 1.97 bits per heavy atom. The monoisotopic (exact) mass is 509 g/mol. The average molecular weight is 510 g/mol. The van der Waals surface area contributed by atoms with Crippen molar-refractivity contribution in [2.45, 2.75) is 50.8 Å². The highest BCUT2D eigenvalue weighted by molar-refractivity contribution is 6.10. The van der Waals surface area contributed by atoms with E-state index in [1.54, 1.807) is 48.8 Å². The Bertz CT molecular complexity index is 1540. The molecule has 3 aromatic heterocycles. The van der Waals surface area contributed by atoms with Gasteiger partial charge in [-0.3, -0.25) is 14.8 Å². The number of hydrogen-bond acceptors (Lipinski definition) is 9. The van der Waals surface area contributed by atoms with Gasteiger partial charge in [-0.2, -0.15) is 15.3 Å². The molecule has 1 atom stereocenters. The lowest BCUT2D eigenvalue weighted by Crippen LogP contribution is -2.55. The molecule has 2 N–H and O–H groups in total. The van der Waals surface area contributed by atoms with E-state index in [0.717, 1.165) is 36.6 Å². The van der Waals surface area contributed by atoms with E-state index in [0.29, 0.717) is 34.5 Å². The fraction of sp³-hybridized carbons (Fsp3) is 0.333. The third kappa shape index (κ3) is 4.18. The number of carbonyl (C=O) groups excluding carboxylic acids is 1. The fourth-order valence-electron chi connectivity index (χ4n) is 5.44. The Morgan fingerprint density at radius 1 is 1.13 bits per heavy atom. The molecule has 38 heavy (non-hydrogen) atoms. The molecule has 2 aliphatic rings. The first-order valence-corrected chi connectivity index (χ1v) is 12.6. The summed E-state index contributed by atoms with van der Waals surface area (Å²) in [4.78, 5) is 31.5. The van der Waals surface area contributed by atoms with Crippen LogP contribution in [0.25, 0.3) is 10.9 Å². The molecule has 4 heterocycles. The smallest absolute Gasteiger partial charge is 0.254 e. The van der Waals surface area contributed by atoms with Crippen LogP contribution in [-0.4, -0.2) is 56.4 Å². The molecule has 0 saturated heterocycles. The van der Waals surface area contributed by atoms with Crippen LogP contribution in [0.1, 0.15) is 38.2 Å². The topological polar surface area (TPSA) is 136 Å². The molecule has 11 nitrogen and oxygen atoms in total. The van der Waals surface area contributed by atoms with E-state index in [2.05, 4.69) is 36.5 Å². The number of nitriles is 1. The van der Waals surface area contributed by atoms with Gasteiger partial charge in [0.05, 0.1) is 47.5 Å². The van der Waals surface area contributed by atoms with Crippen LogP contribution in [0.3, 0.4) is 0 Å². The Hall–Kier alpha value is -4.56. The first-order valence-electron chi connectivity index (χ1n) is 12.6. The summed E-state index contributed by atoms with van der Waals surface area (Å²) in [7, 11) is 1.75. The predicted octanol–water partition coefficient (Wildman–Crippen LogP) is 4.19. The quantitative estimate of drug-likeness (QED) is 0.406. The molecule has 192 valence electrons. The van der Waals surface area contributed by atoms with Gasteiger partial charge in [-0.1, -0.05) is 6.07 Å². The number of rotatable bonds is 5. The van der Waals surface area contributed by atoms with Gasteiger partial charge >= 0.3 is 0 Å². The molecule has 0 bridgehead atoms. The number of carbonyl (C=O) groups is 1. The maximum Gasteiger partial charge on any atom is 0.254 e. The normalized spacial score (nSPS) is 21.3. The van der Waals surface area contributed by atoms with E-state index in [1.807, 2.05) is 19.1 Å². The Morgan fingerprint density at radius 3 is 2.76 bits per heavy atom. The number of aromatic nitrogens is 5. The Labute approximate surface area is 219 Å². The van der Waals surface area contributed by atoms with Crippen LogP contribution in [0, 0.1) is 11.3 Å². The molecule has 1 aliphatic heterocycles. The third-order valence-electron chi connectivity index (χ3n) is 7.40. The van der Waals surface area contributed by atoms with Crippen molar-refractivity contribution in [2.24, 2.45) is 0 Å². The number of ether oxygens (including phenoxy) is 1. The Kier molecular flexibility index (Phi) is 6.09. The summed E-state index contributed by atoms with van der Waals surface area (Å²) in [5, 5.41) is 20.5. The van der Waals surface area contributed by atoms with Gasteiger partial charge in [0.25, 0.3) is 5.91 Å². The van der Waals surface area contributed by atoms with Crippen LogP contribution in [0.15, 0.2) is 48.9 Å². The minimum atomic E-state index is -0.458. The second kappa shape index (κ2) is 9.72. The largest absolute Gasteiger partial charge is 0.381 e. The molecule has 11 heteroatoms. The van der Waals surface area contributed by atoms with E-state index in [9.17, 15) is 10.1 Å². The summed E-state index contributed by atoms with van der Waals surface area (Å²) in [5.41, 5.74) is 2.51. The van der Waals surface area contributed by atoms with Crippen molar-refractivity contribution in [1.29, 1.82) is 5.26 Å². The van der Waals surface area contributed by atoms with Crippen LogP contribution in [0.5, 0.6) is 0 Å². The summed E-state index contributed by atoms with van der Waals surface area (Å²) < 4.78 is 5.58. The number of hydrogen-bond donors (Lipinski definition) is 2. The number of benzene rings is 1. The number of nitrogens with zero attached hydrogens (tertiary/aromatic N) is 7. The van der Waals surface area contributed by atoms with Gasteiger partial charge in [-0.25, -0.2) is 9.97 Å². The number of anilines is 5. The zero-order valence-electron chi connectivity index (χ0n) is 21.1. The van der Waals surface area contributed by atoms with Crippen LogP contribution < -0.4 is 15.1 Å². The van der Waals surface area contributed by atoms with Crippen LogP contribution in [0.2, 0.25) is 0 Å². The summed E-state index contributed by atoms with van der Waals surface area (Å²) in [6, 6.07) is 10.7. The van der Waals surface area contributed by atoms with Gasteiger partial charge in [-0.15, -0.1) is 0 Å². The summed E-state index contributed by atoms with van der Waals surface area (Å²) in [6.07, 6.45) is 8.97. The maximum absolute atomic E-state index is 13.8. The highest BCUT2D eigenvalue weighted by atomic mass is 16.5. The second-order valence-corrected chi connectivity index (χ2v) is 9.64. The van der Waals surface area contributed by atoms with Gasteiger partial charge in [0.2, 0.25) is 5.95 Å². The van der Waals surface area contributed by atoms with Crippen LogP contribution in [0.4, 0.5) is 29.0 Å². The SMILES string of the molecule is CO[C@H]1CC[C@H](N2c3nc(Nc4cc5cn[nH]c5cn4)ncc3N(c3cccc(C#N)c3)C(=O)[C@H]2C)CC1. The van der Waals surface area contributed by atoms with Crippen LogP contribution >= 0.6 is 0 Å². The molecule has 1 fully saturated rings.